The first-order valence-corrected chi connectivity index (χ1v) is 3.13. The maximum absolute atomic E-state index is 8.10. The fourth-order valence-corrected chi connectivity index (χ4v) is 0.760. The number of nitrogens with zero attached hydrogens (tertiary/aromatic N) is 2. The maximum atomic E-state index is 8.10. The van der Waals surface area contributed by atoms with E-state index in [4.69, 9.17) is 5.53 Å². The quantitative estimate of drug-likeness (QED) is 0.332. The van der Waals surface area contributed by atoms with Gasteiger partial charge in [-0.2, -0.15) is 4.79 Å². The second-order valence-electron chi connectivity index (χ2n) is 1.99. The van der Waals surface area contributed by atoms with Crippen LogP contribution < -0.4 is 0 Å². The molecule has 0 amide bonds. The minimum atomic E-state index is 0.692. The lowest BCUT2D eigenvalue weighted by Gasteiger charge is -1.87. The molecule has 0 saturated heterocycles. The molecule has 0 atom stereocenters. The van der Waals surface area contributed by atoms with Crippen molar-refractivity contribution in [3.05, 3.63) is 41.4 Å². The predicted molar refractivity (Wildman–Crippen MR) is 39.8 cm³/mol. The Hall–Kier alpha value is -1.40. The molecule has 2 nitrogen and oxygen atoms in total. The second-order valence-corrected chi connectivity index (χ2v) is 1.99. The zero-order valence-corrected chi connectivity index (χ0v) is 5.57. The first-order valence-electron chi connectivity index (χ1n) is 3.13. The van der Waals surface area contributed by atoms with Gasteiger partial charge in [0.1, 0.15) is 0 Å². The van der Waals surface area contributed by atoms with Crippen molar-refractivity contribution in [1.29, 1.82) is 0 Å². The number of benzene rings is 1. The van der Waals surface area contributed by atoms with Crippen LogP contribution in [0.2, 0.25) is 0 Å². The van der Waals surface area contributed by atoms with E-state index in [1.54, 1.807) is 0 Å². The third-order valence-electron chi connectivity index (χ3n) is 1.25. The van der Waals surface area contributed by atoms with Crippen molar-refractivity contribution in [2.24, 2.45) is 0 Å². The van der Waals surface area contributed by atoms with Crippen molar-refractivity contribution >= 4 is 6.21 Å². The molecule has 0 spiro atoms. The van der Waals surface area contributed by atoms with Crippen LogP contribution in [0.1, 0.15) is 5.56 Å². The van der Waals surface area contributed by atoms with Gasteiger partial charge in [-0.3, -0.25) is 0 Å². The van der Waals surface area contributed by atoms with Gasteiger partial charge in [-0.1, -0.05) is 30.3 Å². The smallest absolute Gasteiger partial charge is 0.261 e. The van der Waals surface area contributed by atoms with E-state index in [1.165, 1.54) is 6.21 Å². The molecule has 0 bridgehead atoms. The summed E-state index contributed by atoms with van der Waals surface area (Å²) in [6.07, 6.45) is 2.16. The Morgan fingerprint density at radius 1 is 1.30 bits per heavy atom. The van der Waals surface area contributed by atoms with Crippen LogP contribution in [-0.2, 0) is 6.42 Å². The highest BCUT2D eigenvalue weighted by Crippen LogP contribution is 1.96. The molecule has 0 aliphatic carbocycles. The molecule has 0 heterocycles. The van der Waals surface area contributed by atoms with E-state index in [0.717, 1.165) is 5.56 Å². The molecule has 0 unspecified atom stereocenters. The highest BCUT2D eigenvalue weighted by Gasteiger charge is 1.87. The van der Waals surface area contributed by atoms with E-state index < -0.39 is 0 Å². The van der Waals surface area contributed by atoms with Crippen molar-refractivity contribution in [2.45, 2.75) is 6.42 Å². The summed E-state index contributed by atoms with van der Waals surface area (Å²) >= 11 is 0. The molecule has 2 heteroatoms. The topological polar surface area (TPSA) is 36.4 Å². The maximum Gasteiger partial charge on any atom is 0.261 e. The Bertz CT molecular complexity index is 235. The number of hydrogen-bond donors (Lipinski definition) is 0. The predicted octanol–water partition coefficient (Wildman–Crippen LogP) is 1.53. The summed E-state index contributed by atoms with van der Waals surface area (Å²) in [5.74, 6) is 0. The second kappa shape index (κ2) is 3.59. The lowest BCUT2D eigenvalue weighted by molar-refractivity contribution is 0.00158. The Labute approximate surface area is 59.7 Å². The van der Waals surface area contributed by atoms with E-state index in [9.17, 15) is 0 Å². The van der Waals surface area contributed by atoms with Gasteiger partial charge in [0, 0.05) is 0 Å². The number of hydrogen-bond acceptors (Lipinski definition) is 0. The average Bonchev–Trinajstić information content (AvgIpc) is 2.03. The summed E-state index contributed by atoms with van der Waals surface area (Å²) in [6.45, 7) is 0. The molecule has 0 fully saturated rings. The standard InChI is InChI=1S/C8H8N2/c9-10-7-6-8-4-2-1-3-5-8/h1-5,7H,6H2. The molecular formula is C8H8N2. The third kappa shape index (κ3) is 1.84. The molecule has 50 valence electrons. The first kappa shape index (κ1) is 6.72. The summed E-state index contributed by atoms with van der Waals surface area (Å²) in [4.78, 5) is 2.91. The van der Waals surface area contributed by atoms with Gasteiger partial charge in [-0.25, -0.2) is 0 Å². The van der Waals surface area contributed by atoms with Gasteiger partial charge in [0.2, 0.25) is 0 Å². The highest BCUT2D eigenvalue weighted by atomic mass is 14.8. The zero-order chi connectivity index (χ0) is 7.23. The van der Waals surface area contributed by atoms with Gasteiger partial charge in [-0.15, -0.1) is 0 Å². The van der Waals surface area contributed by atoms with E-state index in [-0.39, 0.29) is 0 Å². The molecule has 10 heavy (non-hydrogen) atoms. The first-order chi connectivity index (χ1) is 4.93. The van der Waals surface area contributed by atoms with Crippen LogP contribution in [0.5, 0.6) is 0 Å². The van der Waals surface area contributed by atoms with E-state index in [1.807, 2.05) is 30.3 Å². The Balaban J connectivity index is 2.67. The van der Waals surface area contributed by atoms with Crippen molar-refractivity contribution < 1.29 is 4.79 Å². The van der Waals surface area contributed by atoms with E-state index in [0.29, 0.717) is 6.42 Å². The molecular weight excluding hydrogens is 124 g/mol. The third-order valence-corrected chi connectivity index (χ3v) is 1.25. The zero-order valence-electron chi connectivity index (χ0n) is 5.57. The summed E-state index contributed by atoms with van der Waals surface area (Å²) < 4.78 is 0. The Kier molecular flexibility index (Phi) is 2.41. The summed E-state index contributed by atoms with van der Waals surface area (Å²) in [7, 11) is 0. The van der Waals surface area contributed by atoms with Crippen LogP contribution in [0.25, 0.3) is 5.53 Å². The largest absolute Gasteiger partial charge is 0.362 e. The van der Waals surface area contributed by atoms with Crippen LogP contribution in [0.3, 0.4) is 0 Å². The minimum Gasteiger partial charge on any atom is -0.362 e. The fraction of sp³-hybridized carbons (Fsp3) is 0.125. The van der Waals surface area contributed by atoms with E-state index >= 15 is 0 Å². The summed E-state index contributed by atoms with van der Waals surface area (Å²) in [5.41, 5.74) is 9.25. The molecule has 0 aliphatic heterocycles. The summed E-state index contributed by atoms with van der Waals surface area (Å²) in [6, 6.07) is 9.85. The lowest BCUT2D eigenvalue weighted by atomic mass is 10.2. The van der Waals surface area contributed by atoms with Gasteiger partial charge in [0.25, 0.3) is 6.21 Å². The van der Waals surface area contributed by atoms with Crippen molar-refractivity contribution in [2.75, 3.05) is 0 Å². The SMILES string of the molecule is [N-]=[N+]=CCc1ccccc1. The lowest BCUT2D eigenvalue weighted by Crippen LogP contribution is -1.84. The summed E-state index contributed by atoms with van der Waals surface area (Å²) in [5, 5.41) is 0. The van der Waals surface area contributed by atoms with Crippen molar-refractivity contribution in [1.82, 2.24) is 0 Å². The van der Waals surface area contributed by atoms with Gasteiger partial charge in [0.05, 0.1) is 6.42 Å². The molecule has 1 aromatic carbocycles. The minimum absolute atomic E-state index is 0.692. The van der Waals surface area contributed by atoms with Crippen LogP contribution in [0.15, 0.2) is 30.3 Å². The molecule has 1 aromatic rings. The molecule has 0 aromatic heterocycles. The fourth-order valence-electron chi connectivity index (χ4n) is 0.760. The van der Waals surface area contributed by atoms with Crippen LogP contribution in [0, 0.1) is 0 Å². The van der Waals surface area contributed by atoms with Crippen LogP contribution >= 0.6 is 0 Å². The molecule has 1 rings (SSSR count). The van der Waals surface area contributed by atoms with Gasteiger partial charge in [0.15, 0.2) is 0 Å². The van der Waals surface area contributed by atoms with Crippen LogP contribution in [-0.4, -0.2) is 11.0 Å². The van der Waals surface area contributed by atoms with E-state index in [2.05, 4.69) is 4.79 Å². The van der Waals surface area contributed by atoms with Gasteiger partial charge < -0.3 is 5.53 Å². The molecule has 0 aliphatic rings. The molecule has 0 radical (unpaired) electrons. The average molecular weight is 132 g/mol. The van der Waals surface area contributed by atoms with Crippen molar-refractivity contribution in [3.63, 3.8) is 0 Å². The number of rotatable bonds is 2. The van der Waals surface area contributed by atoms with Gasteiger partial charge >= 0.3 is 0 Å². The van der Waals surface area contributed by atoms with Crippen LogP contribution in [0.4, 0.5) is 0 Å². The normalized spacial score (nSPS) is 8.40. The molecule has 0 saturated carbocycles. The van der Waals surface area contributed by atoms with Gasteiger partial charge in [-0.05, 0) is 5.56 Å². The van der Waals surface area contributed by atoms with Crippen molar-refractivity contribution in [3.8, 4) is 0 Å². The molecule has 0 N–H and O–H groups in total. The Morgan fingerprint density at radius 2 is 2.00 bits per heavy atom. The Morgan fingerprint density at radius 3 is 2.60 bits per heavy atom. The monoisotopic (exact) mass is 132 g/mol. The highest BCUT2D eigenvalue weighted by molar-refractivity contribution is 5.55.